The predicted molar refractivity (Wildman–Crippen MR) is 130 cm³/mol. The van der Waals surface area contributed by atoms with Gasteiger partial charge in [0.05, 0.1) is 0 Å². The fraction of sp³-hybridized carbons (Fsp3) is 0. The van der Waals surface area contributed by atoms with Crippen molar-refractivity contribution >= 4 is 48.6 Å². The molecule has 0 spiro atoms. The van der Waals surface area contributed by atoms with Crippen LogP contribution in [0.4, 0.5) is 0 Å². The van der Waals surface area contributed by atoms with Gasteiger partial charge in [-0.2, -0.15) is 0 Å². The Balaban J connectivity index is 1.56. The average molecular weight is 449 g/mol. The molecule has 1 nitrogen and oxygen atoms in total. The zero-order valence-corrected chi connectivity index (χ0v) is 17.7. The molecule has 1 aromatic heterocycles. The van der Waals surface area contributed by atoms with E-state index in [1.165, 1.54) is 27.6 Å². The summed E-state index contributed by atoms with van der Waals surface area (Å²) in [4.78, 5) is 0. The van der Waals surface area contributed by atoms with Gasteiger partial charge in [0, 0.05) is 20.6 Å². The van der Waals surface area contributed by atoms with Crippen LogP contribution in [-0.4, -0.2) is 0 Å². The number of furan rings is 1. The van der Waals surface area contributed by atoms with Crippen LogP contribution in [0.2, 0.25) is 0 Å². The van der Waals surface area contributed by atoms with Gasteiger partial charge in [0.15, 0.2) is 0 Å². The van der Waals surface area contributed by atoms with Crippen LogP contribution in [0, 0.1) is 0 Å². The molecule has 0 amide bonds. The van der Waals surface area contributed by atoms with Crippen LogP contribution in [0.1, 0.15) is 0 Å². The summed E-state index contributed by atoms with van der Waals surface area (Å²) in [5.41, 5.74) is 6.64. The number of hydrogen-bond acceptors (Lipinski definition) is 1. The Morgan fingerprint density at radius 3 is 2.13 bits per heavy atom. The molecule has 0 saturated carbocycles. The van der Waals surface area contributed by atoms with Crippen molar-refractivity contribution in [3.63, 3.8) is 0 Å². The van der Waals surface area contributed by atoms with Gasteiger partial charge in [0.1, 0.15) is 11.2 Å². The number of halogens is 1. The largest absolute Gasteiger partial charge is 0.455 e. The van der Waals surface area contributed by atoms with Crippen molar-refractivity contribution in [2.75, 3.05) is 0 Å². The second-order valence-electron chi connectivity index (χ2n) is 7.57. The third kappa shape index (κ3) is 2.84. The lowest BCUT2D eigenvalue weighted by atomic mass is 9.97. The van der Waals surface area contributed by atoms with Crippen molar-refractivity contribution in [3.8, 4) is 22.3 Å². The summed E-state index contributed by atoms with van der Waals surface area (Å²) in [5.74, 6) is 0. The van der Waals surface area contributed by atoms with Crippen LogP contribution in [0.15, 0.2) is 112 Å². The SMILES string of the molecule is Brc1cc(-c2ccccc2)cc(-c2ccc3oc4c5ccccc5ccc4c3c2)c1. The number of benzene rings is 5. The van der Waals surface area contributed by atoms with Gasteiger partial charge in [0.25, 0.3) is 0 Å². The highest BCUT2D eigenvalue weighted by molar-refractivity contribution is 9.10. The minimum Gasteiger partial charge on any atom is -0.455 e. The fourth-order valence-corrected chi connectivity index (χ4v) is 4.73. The van der Waals surface area contributed by atoms with Crippen LogP contribution in [0.5, 0.6) is 0 Å². The Morgan fingerprint density at radius 1 is 0.500 bits per heavy atom. The maximum Gasteiger partial charge on any atom is 0.143 e. The molecule has 0 aliphatic rings. The van der Waals surface area contributed by atoms with Crippen LogP contribution in [0.3, 0.4) is 0 Å². The van der Waals surface area contributed by atoms with Gasteiger partial charge in [-0.05, 0) is 64.0 Å². The summed E-state index contributed by atoms with van der Waals surface area (Å²) in [5, 5.41) is 4.66. The monoisotopic (exact) mass is 448 g/mol. The van der Waals surface area contributed by atoms with Crippen molar-refractivity contribution in [1.29, 1.82) is 0 Å². The fourth-order valence-electron chi connectivity index (χ4n) is 4.24. The van der Waals surface area contributed by atoms with E-state index in [4.69, 9.17) is 4.42 Å². The first kappa shape index (κ1) is 17.5. The summed E-state index contributed by atoms with van der Waals surface area (Å²) in [6.07, 6.45) is 0. The minimum absolute atomic E-state index is 0.920. The highest BCUT2D eigenvalue weighted by Gasteiger charge is 2.12. The molecule has 0 N–H and O–H groups in total. The quantitative estimate of drug-likeness (QED) is 0.257. The molecular formula is C28H17BrO. The van der Waals surface area contributed by atoms with E-state index in [2.05, 4.69) is 113 Å². The molecule has 0 fully saturated rings. The molecule has 2 heteroatoms. The number of hydrogen-bond donors (Lipinski definition) is 0. The van der Waals surface area contributed by atoms with Gasteiger partial charge < -0.3 is 4.42 Å². The lowest BCUT2D eigenvalue weighted by Crippen LogP contribution is -1.83. The third-order valence-corrected chi connectivity index (χ3v) is 6.16. The lowest BCUT2D eigenvalue weighted by Gasteiger charge is -2.08. The van der Waals surface area contributed by atoms with E-state index in [1.54, 1.807) is 0 Å². The summed E-state index contributed by atoms with van der Waals surface area (Å²) < 4.78 is 7.34. The van der Waals surface area contributed by atoms with E-state index in [1.807, 2.05) is 6.07 Å². The van der Waals surface area contributed by atoms with E-state index in [9.17, 15) is 0 Å². The zero-order chi connectivity index (χ0) is 20.1. The minimum atomic E-state index is 0.920. The Kier molecular flexibility index (Phi) is 4.00. The Labute approximate surface area is 182 Å². The molecule has 142 valence electrons. The van der Waals surface area contributed by atoms with Crippen LogP contribution in [0.25, 0.3) is 55.0 Å². The van der Waals surface area contributed by atoms with Crippen molar-refractivity contribution in [2.24, 2.45) is 0 Å². The standard InChI is InChI=1S/C28H17BrO/c29-23-15-21(18-6-2-1-3-7-18)14-22(16-23)20-11-13-27-26(17-20)25-12-10-19-8-4-5-9-24(19)28(25)30-27/h1-17H. The van der Waals surface area contributed by atoms with Crippen molar-refractivity contribution < 1.29 is 4.42 Å². The summed E-state index contributed by atoms with van der Waals surface area (Å²) >= 11 is 3.70. The first-order valence-electron chi connectivity index (χ1n) is 9.97. The molecule has 0 atom stereocenters. The Bertz CT molecular complexity index is 1540. The molecule has 6 rings (SSSR count). The zero-order valence-electron chi connectivity index (χ0n) is 16.1. The summed E-state index contributed by atoms with van der Waals surface area (Å²) in [6.45, 7) is 0. The average Bonchev–Trinajstić information content (AvgIpc) is 3.18. The van der Waals surface area contributed by atoms with Gasteiger partial charge in [-0.1, -0.05) is 82.7 Å². The van der Waals surface area contributed by atoms with E-state index in [-0.39, 0.29) is 0 Å². The van der Waals surface area contributed by atoms with Gasteiger partial charge >= 0.3 is 0 Å². The van der Waals surface area contributed by atoms with Gasteiger partial charge in [0.2, 0.25) is 0 Å². The molecule has 0 bridgehead atoms. The molecule has 1 heterocycles. The first-order chi connectivity index (χ1) is 14.8. The second-order valence-corrected chi connectivity index (χ2v) is 8.49. The first-order valence-corrected chi connectivity index (χ1v) is 10.8. The van der Waals surface area contributed by atoms with Crippen molar-refractivity contribution in [2.45, 2.75) is 0 Å². The van der Waals surface area contributed by atoms with Crippen LogP contribution < -0.4 is 0 Å². The molecule has 0 unspecified atom stereocenters. The van der Waals surface area contributed by atoms with E-state index >= 15 is 0 Å². The molecule has 0 aliphatic heterocycles. The Morgan fingerprint density at radius 2 is 1.27 bits per heavy atom. The van der Waals surface area contributed by atoms with Crippen LogP contribution >= 0.6 is 15.9 Å². The Hall–Kier alpha value is -3.36. The second kappa shape index (κ2) is 6.86. The van der Waals surface area contributed by atoms with E-state index in [0.717, 1.165) is 31.8 Å². The predicted octanol–water partition coefficient (Wildman–Crippen LogP) is 8.84. The molecule has 0 radical (unpaired) electrons. The van der Waals surface area contributed by atoms with Gasteiger partial charge in [-0.25, -0.2) is 0 Å². The molecular weight excluding hydrogens is 432 g/mol. The molecule has 6 aromatic rings. The van der Waals surface area contributed by atoms with Gasteiger partial charge in [-0.15, -0.1) is 0 Å². The summed E-state index contributed by atoms with van der Waals surface area (Å²) in [6, 6.07) is 36.3. The maximum absolute atomic E-state index is 6.26. The van der Waals surface area contributed by atoms with E-state index < -0.39 is 0 Å². The van der Waals surface area contributed by atoms with E-state index in [0.29, 0.717) is 0 Å². The molecule has 0 aliphatic carbocycles. The summed E-state index contributed by atoms with van der Waals surface area (Å²) in [7, 11) is 0. The topological polar surface area (TPSA) is 13.1 Å². The molecule has 0 saturated heterocycles. The number of fused-ring (bicyclic) bond motifs is 5. The van der Waals surface area contributed by atoms with Crippen LogP contribution in [-0.2, 0) is 0 Å². The number of rotatable bonds is 2. The smallest absolute Gasteiger partial charge is 0.143 e. The van der Waals surface area contributed by atoms with Crippen molar-refractivity contribution in [1.82, 2.24) is 0 Å². The lowest BCUT2D eigenvalue weighted by molar-refractivity contribution is 0.672. The highest BCUT2D eigenvalue weighted by Crippen LogP contribution is 2.37. The highest BCUT2D eigenvalue weighted by atomic mass is 79.9. The third-order valence-electron chi connectivity index (χ3n) is 5.70. The maximum atomic E-state index is 6.26. The molecule has 5 aromatic carbocycles. The molecule has 30 heavy (non-hydrogen) atoms. The van der Waals surface area contributed by atoms with Gasteiger partial charge in [-0.3, -0.25) is 0 Å². The van der Waals surface area contributed by atoms with Crippen molar-refractivity contribution in [3.05, 3.63) is 108 Å². The normalized spacial score (nSPS) is 11.5.